The molecule has 0 bridgehead atoms. The fourth-order valence-electron chi connectivity index (χ4n) is 6.29. The lowest BCUT2D eigenvalue weighted by atomic mass is 9.65. The predicted octanol–water partition coefficient (Wildman–Crippen LogP) is 7.47. The van der Waals surface area contributed by atoms with Crippen LogP contribution in [0.25, 0.3) is 0 Å². The van der Waals surface area contributed by atoms with Gasteiger partial charge in [0.15, 0.2) is 23.1 Å². The van der Waals surface area contributed by atoms with E-state index in [1.807, 2.05) is 20.8 Å². The van der Waals surface area contributed by atoms with Crippen LogP contribution in [0.4, 0.5) is 18.9 Å². The van der Waals surface area contributed by atoms with Crippen molar-refractivity contribution in [1.82, 2.24) is 0 Å². The monoisotopic (exact) mass is 574 g/mol. The largest absolute Gasteiger partial charge is 0.454 e. The first-order chi connectivity index (χ1) is 19.9. The van der Waals surface area contributed by atoms with Crippen molar-refractivity contribution in [2.75, 3.05) is 11.7 Å². The molecule has 3 aromatic rings. The first-order valence-corrected chi connectivity index (χ1v) is 13.7. The number of halogens is 3. The molecule has 9 heteroatoms. The summed E-state index contributed by atoms with van der Waals surface area (Å²) in [5.74, 6) is -2.27. The van der Waals surface area contributed by atoms with Crippen molar-refractivity contribution in [2.24, 2.45) is 11.3 Å². The number of carbonyl (C=O) groups is 2. The molecule has 42 heavy (non-hydrogen) atoms. The van der Waals surface area contributed by atoms with Crippen molar-refractivity contribution in [1.29, 1.82) is 5.41 Å². The normalized spacial score (nSPS) is 21.4. The molecule has 0 saturated heterocycles. The third-order valence-corrected chi connectivity index (χ3v) is 8.17. The minimum atomic E-state index is -4.73. The summed E-state index contributed by atoms with van der Waals surface area (Å²) in [6, 6.07) is 17.0. The van der Waals surface area contributed by atoms with Gasteiger partial charge in [-0.15, -0.1) is 0 Å². The minimum Gasteiger partial charge on any atom is -0.454 e. The number of rotatable bonds is 4. The summed E-state index contributed by atoms with van der Waals surface area (Å²) in [6.45, 7) is 5.66. The molecule has 3 aliphatic rings. The van der Waals surface area contributed by atoms with Crippen LogP contribution in [-0.2, 0) is 11.0 Å². The molecular formula is C33H29F3N2O4. The van der Waals surface area contributed by atoms with Gasteiger partial charge in [0, 0.05) is 29.2 Å². The zero-order valence-corrected chi connectivity index (χ0v) is 23.3. The number of fused-ring (bicyclic) bond motifs is 1. The van der Waals surface area contributed by atoms with Gasteiger partial charge in [0.25, 0.3) is 0 Å². The van der Waals surface area contributed by atoms with Crippen LogP contribution >= 0.6 is 0 Å². The Kier molecular flexibility index (Phi) is 6.51. The Morgan fingerprint density at radius 3 is 2.38 bits per heavy atom. The van der Waals surface area contributed by atoms with Crippen molar-refractivity contribution < 1.29 is 32.2 Å². The highest BCUT2D eigenvalue weighted by Crippen LogP contribution is 2.53. The van der Waals surface area contributed by atoms with Crippen molar-refractivity contribution >= 4 is 23.1 Å². The summed E-state index contributed by atoms with van der Waals surface area (Å²) >= 11 is 0. The Labute approximate surface area is 241 Å². The Hall–Kier alpha value is -4.40. The highest BCUT2D eigenvalue weighted by Gasteiger charge is 2.51. The van der Waals surface area contributed by atoms with E-state index in [-0.39, 0.29) is 42.5 Å². The van der Waals surface area contributed by atoms with Crippen molar-refractivity contribution in [3.05, 3.63) is 100 Å². The molecule has 3 aromatic carbocycles. The maximum Gasteiger partial charge on any atom is 0.418 e. The molecule has 0 amide bonds. The first-order valence-electron chi connectivity index (χ1n) is 13.7. The molecule has 1 aliphatic carbocycles. The van der Waals surface area contributed by atoms with E-state index in [1.165, 1.54) is 23.1 Å². The lowest BCUT2D eigenvalue weighted by Gasteiger charge is -2.47. The minimum absolute atomic E-state index is 0.0219. The predicted molar refractivity (Wildman–Crippen MR) is 151 cm³/mol. The quantitative estimate of drug-likeness (QED) is 0.327. The molecule has 0 radical (unpaired) electrons. The Balaban J connectivity index is 1.64. The number of hydrogen-bond acceptors (Lipinski definition) is 5. The van der Waals surface area contributed by atoms with Gasteiger partial charge in [-0.1, -0.05) is 61.9 Å². The van der Waals surface area contributed by atoms with Crippen LogP contribution in [0.3, 0.4) is 0 Å². The van der Waals surface area contributed by atoms with Gasteiger partial charge in [-0.2, -0.15) is 13.2 Å². The van der Waals surface area contributed by atoms with Crippen LogP contribution in [0.15, 0.2) is 78.0 Å². The van der Waals surface area contributed by atoms with Gasteiger partial charge in [-0.05, 0) is 48.6 Å². The summed E-state index contributed by atoms with van der Waals surface area (Å²) in [5.41, 5.74) is 0.554. The number of ketones is 2. The van der Waals surface area contributed by atoms with E-state index in [1.54, 1.807) is 42.5 Å². The van der Waals surface area contributed by atoms with E-state index in [4.69, 9.17) is 9.47 Å². The van der Waals surface area contributed by atoms with E-state index >= 15 is 0 Å². The molecule has 0 aromatic heterocycles. The molecule has 1 N–H and O–H groups in total. The standard InChI is InChI=1S/C33H29F3N2O4/c1-18-8-10-19(11-9-18)30(40)29-27(20-12-13-25-26(14-20)42-17-41-25)28-23(15-32(2,3)16-24(28)39)38(31(29)37)22-7-5-4-6-21(22)33(34,35)36/h4-14,27,29,37H,15-17H2,1-3H3. The van der Waals surface area contributed by atoms with Gasteiger partial charge < -0.3 is 14.4 Å². The van der Waals surface area contributed by atoms with Crippen LogP contribution in [0.5, 0.6) is 11.5 Å². The number of amidine groups is 1. The number of carbonyl (C=O) groups excluding carboxylic acids is 2. The molecule has 6 nitrogen and oxygen atoms in total. The molecular weight excluding hydrogens is 545 g/mol. The van der Waals surface area contributed by atoms with Crippen molar-refractivity contribution in [3.63, 3.8) is 0 Å². The van der Waals surface area contributed by atoms with Gasteiger partial charge in [0.1, 0.15) is 5.84 Å². The number of ether oxygens (including phenoxy) is 2. The summed E-state index contributed by atoms with van der Waals surface area (Å²) in [7, 11) is 0. The lowest BCUT2D eigenvalue weighted by molar-refractivity contribution is -0.137. The van der Waals surface area contributed by atoms with Gasteiger partial charge in [-0.25, -0.2) is 0 Å². The van der Waals surface area contributed by atoms with Crippen LogP contribution < -0.4 is 14.4 Å². The number of aryl methyl sites for hydroxylation is 1. The second kappa shape index (κ2) is 9.86. The second-order valence-electron chi connectivity index (χ2n) is 11.8. The molecule has 216 valence electrons. The summed E-state index contributed by atoms with van der Waals surface area (Å²) in [4.78, 5) is 29.6. The van der Waals surface area contributed by atoms with Crippen molar-refractivity contribution in [3.8, 4) is 11.5 Å². The summed E-state index contributed by atoms with van der Waals surface area (Å²) < 4.78 is 54.1. The average molecular weight is 575 g/mol. The lowest BCUT2D eigenvalue weighted by Crippen LogP contribution is -2.51. The van der Waals surface area contributed by atoms with E-state index in [2.05, 4.69) is 0 Å². The highest BCUT2D eigenvalue weighted by molar-refractivity contribution is 6.21. The molecule has 0 spiro atoms. The zero-order valence-electron chi connectivity index (χ0n) is 23.3. The zero-order chi connectivity index (χ0) is 30.0. The van der Waals surface area contributed by atoms with Crippen LogP contribution in [0.2, 0.25) is 0 Å². The summed E-state index contributed by atoms with van der Waals surface area (Å²) in [5, 5.41) is 9.45. The Morgan fingerprint density at radius 2 is 1.67 bits per heavy atom. The molecule has 2 aliphatic heterocycles. The maximum atomic E-state index is 14.3. The number of allylic oxidation sites excluding steroid dienone is 2. The average Bonchev–Trinajstić information content (AvgIpc) is 3.39. The number of nitrogens with one attached hydrogen (secondary N) is 1. The van der Waals surface area contributed by atoms with E-state index < -0.39 is 34.8 Å². The smallest absolute Gasteiger partial charge is 0.418 e. The van der Waals surface area contributed by atoms with Gasteiger partial charge in [0.05, 0.1) is 17.2 Å². The Bertz CT molecular complexity index is 1660. The molecule has 2 atom stereocenters. The van der Waals surface area contributed by atoms with Crippen molar-refractivity contribution in [2.45, 2.75) is 45.7 Å². The molecule has 0 saturated carbocycles. The van der Waals surface area contributed by atoms with Gasteiger partial charge in [-0.3, -0.25) is 15.0 Å². The maximum absolute atomic E-state index is 14.3. The number of benzene rings is 3. The second-order valence-corrected chi connectivity index (χ2v) is 11.8. The third-order valence-electron chi connectivity index (χ3n) is 8.17. The number of alkyl halides is 3. The number of hydrogen-bond donors (Lipinski definition) is 1. The molecule has 6 rings (SSSR count). The Morgan fingerprint density at radius 1 is 0.976 bits per heavy atom. The molecule has 0 fully saturated rings. The fourth-order valence-corrected chi connectivity index (χ4v) is 6.29. The SMILES string of the molecule is Cc1ccc(C(=O)C2C(=N)N(c3ccccc3C(F)(F)F)C3=C(C(=O)CC(C)(C)C3)C2c2ccc3c(c2)OCO3)cc1. The third kappa shape index (κ3) is 4.66. The van der Waals surface area contributed by atoms with Gasteiger partial charge in [0.2, 0.25) is 6.79 Å². The summed E-state index contributed by atoms with van der Waals surface area (Å²) in [6.07, 6.45) is -4.33. The number of para-hydroxylation sites is 1. The number of Topliss-reactive ketones (excluding diaryl/α,β-unsaturated/α-hetero) is 2. The van der Waals surface area contributed by atoms with Crippen LogP contribution in [-0.4, -0.2) is 24.2 Å². The fraction of sp³-hybridized carbons (Fsp3) is 0.303. The molecule has 2 unspecified atom stereocenters. The highest BCUT2D eigenvalue weighted by atomic mass is 19.4. The van der Waals surface area contributed by atoms with Crippen LogP contribution in [0.1, 0.15) is 59.7 Å². The van der Waals surface area contributed by atoms with E-state index in [0.29, 0.717) is 28.3 Å². The first kappa shape index (κ1) is 27.8. The number of nitrogens with zero attached hydrogens (tertiary/aromatic N) is 1. The van der Waals surface area contributed by atoms with E-state index in [0.717, 1.165) is 11.6 Å². The van der Waals surface area contributed by atoms with Crippen LogP contribution in [0, 0.1) is 23.7 Å². The van der Waals surface area contributed by atoms with E-state index in [9.17, 15) is 28.2 Å². The van der Waals surface area contributed by atoms with Gasteiger partial charge >= 0.3 is 6.18 Å². The number of anilines is 1. The molecule has 2 heterocycles. The topological polar surface area (TPSA) is 79.7 Å².